The summed E-state index contributed by atoms with van der Waals surface area (Å²) in [6.07, 6.45) is 3.11. The molecule has 0 unspecified atom stereocenters. The summed E-state index contributed by atoms with van der Waals surface area (Å²) in [6.45, 7) is 2.00. The Hall–Kier alpha value is -1.68. The number of aliphatic hydroxyl groups is 1. The lowest BCUT2D eigenvalue weighted by Gasteiger charge is -2.27. The van der Waals surface area contributed by atoms with Gasteiger partial charge in [-0.25, -0.2) is 4.79 Å². The first-order valence-electron chi connectivity index (χ1n) is 7.38. The molecule has 4 nitrogen and oxygen atoms in total. The molecule has 0 saturated carbocycles. The zero-order valence-electron chi connectivity index (χ0n) is 12.8. The maximum Gasteiger partial charge on any atom is 0.374 e. The third-order valence-electron chi connectivity index (χ3n) is 3.67. The Morgan fingerprint density at radius 3 is 2.38 bits per heavy atom. The summed E-state index contributed by atoms with van der Waals surface area (Å²) < 4.78 is 4.40. The number of hydrogen-bond acceptors (Lipinski definition) is 4. The number of esters is 1. The van der Waals surface area contributed by atoms with Crippen LogP contribution in [0.1, 0.15) is 44.6 Å². The fourth-order valence-electron chi connectivity index (χ4n) is 2.42. The first kappa shape index (κ1) is 17.4. The average molecular weight is 292 g/mol. The summed E-state index contributed by atoms with van der Waals surface area (Å²) in [5.74, 6) is -1.41. The van der Waals surface area contributed by atoms with E-state index in [1.807, 2.05) is 37.3 Å². The molecule has 0 radical (unpaired) electrons. The first-order chi connectivity index (χ1) is 10.0. The molecule has 0 heterocycles. The Morgan fingerprint density at radius 2 is 1.81 bits per heavy atom. The second-order valence-corrected chi connectivity index (χ2v) is 5.37. The molecule has 0 aliphatic rings. The van der Waals surface area contributed by atoms with Gasteiger partial charge in [0, 0.05) is 6.42 Å². The molecule has 0 saturated heterocycles. The van der Waals surface area contributed by atoms with Gasteiger partial charge in [-0.15, -0.1) is 0 Å². The SMILES string of the molecule is CCC[C@@](O)(CCC(=O)C(=O)OC)CCc1ccccc1. The predicted molar refractivity (Wildman–Crippen MR) is 80.9 cm³/mol. The van der Waals surface area contributed by atoms with Gasteiger partial charge in [0.2, 0.25) is 5.78 Å². The molecule has 0 aromatic heterocycles. The predicted octanol–water partition coefficient (Wildman–Crippen LogP) is 2.67. The van der Waals surface area contributed by atoms with E-state index >= 15 is 0 Å². The van der Waals surface area contributed by atoms with Crippen LogP contribution in [0, 0.1) is 0 Å². The van der Waals surface area contributed by atoms with Crippen molar-refractivity contribution < 1.29 is 19.4 Å². The smallest absolute Gasteiger partial charge is 0.374 e. The minimum Gasteiger partial charge on any atom is -0.463 e. The minimum atomic E-state index is -0.908. The van der Waals surface area contributed by atoms with Crippen LogP contribution in [0.2, 0.25) is 0 Å². The number of ether oxygens (including phenoxy) is 1. The molecular formula is C17H24O4. The van der Waals surface area contributed by atoms with Crippen LogP contribution in [0.25, 0.3) is 0 Å². The highest BCUT2D eigenvalue weighted by atomic mass is 16.5. The molecule has 1 N–H and O–H groups in total. The van der Waals surface area contributed by atoms with E-state index in [-0.39, 0.29) is 6.42 Å². The van der Waals surface area contributed by atoms with E-state index < -0.39 is 17.4 Å². The molecule has 1 rings (SSSR count). The van der Waals surface area contributed by atoms with Gasteiger partial charge < -0.3 is 9.84 Å². The van der Waals surface area contributed by atoms with Gasteiger partial charge in [-0.1, -0.05) is 43.7 Å². The van der Waals surface area contributed by atoms with Crippen molar-refractivity contribution in [3.05, 3.63) is 35.9 Å². The zero-order chi connectivity index (χ0) is 15.7. The van der Waals surface area contributed by atoms with Crippen molar-refractivity contribution in [2.24, 2.45) is 0 Å². The molecule has 1 aromatic rings. The van der Waals surface area contributed by atoms with Gasteiger partial charge in [0.1, 0.15) is 0 Å². The molecule has 0 fully saturated rings. The molecule has 4 heteroatoms. The molecule has 1 aromatic carbocycles. The summed E-state index contributed by atoms with van der Waals surface area (Å²) in [6, 6.07) is 9.93. The summed E-state index contributed by atoms with van der Waals surface area (Å²) in [4.78, 5) is 22.6. The van der Waals surface area contributed by atoms with Crippen molar-refractivity contribution in [1.82, 2.24) is 0 Å². The topological polar surface area (TPSA) is 63.6 Å². The van der Waals surface area contributed by atoms with Crippen LogP contribution in [0.4, 0.5) is 0 Å². The fraction of sp³-hybridized carbons (Fsp3) is 0.529. The van der Waals surface area contributed by atoms with Crippen LogP contribution >= 0.6 is 0 Å². The van der Waals surface area contributed by atoms with Crippen molar-refractivity contribution in [3.63, 3.8) is 0 Å². The maximum atomic E-state index is 11.5. The third-order valence-corrected chi connectivity index (χ3v) is 3.67. The lowest BCUT2D eigenvalue weighted by molar-refractivity contribution is -0.152. The Balaban J connectivity index is 2.56. The summed E-state index contributed by atoms with van der Waals surface area (Å²) in [5, 5.41) is 10.7. The molecule has 0 bridgehead atoms. The molecule has 0 amide bonds. The number of carbonyl (C=O) groups excluding carboxylic acids is 2. The van der Waals surface area contributed by atoms with E-state index in [4.69, 9.17) is 0 Å². The van der Waals surface area contributed by atoms with Crippen LogP contribution in [0.5, 0.6) is 0 Å². The molecule has 116 valence electrons. The molecule has 0 aliphatic heterocycles. The van der Waals surface area contributed by atoms with Crippen LogP contribution < -0.4 is 0 Å². The van der Waals surface area contributed by atoms with Crippen molar-refractivity contribution >= 4 is 11.8 Å². The monoisotopic (exact) mass is 292 g/mol. The highest BCUT2D eigenvalue weighted by Crippen LogP contribution is 2.25. The number of Topliss-reactive ketones (excluding diaryl/α,β-unsaturated/α-hetero) is 1. The normalized spacial score (nSPS) is 13.5. The number of methoxy groups -OCH3 is 1. The Labute approximate surface area is 126 Å². The van der Waals surface area contributed by atoms with E-state index in [2.05, 4.69) is 4.74 Å². The minimum absolute atomic E-state index is 0.0258. The van der Waals surface area contributed by atoms with Gasteiger partial charge in [0.25, 0.3) is 0 Å². The summed E-state index contributed by atoms with van der Waals surface area (Å²) in [7, 11) is 1.19. The van der Waals surface area contributed by atoms with E-state index in [1.165, 1.54) is 7.11 Å². The lowest BCUT2D eigenvalue weighted by atomic mass is 9.86. The number of ketones is 1. The maximum absolute atomic E-state index is 11.5. The highest BCUT2D eigenvalue weighted by molar-refractivity contribution is 6.33. The number of carbonyl (C=O) groups is 2. The van der Waals surface area contributed by atoms with Crippen LogP contribution in [0.3, 0.4) is 0 Å². The Bertz CT molecular complexity index is 455. The van der Waals surface area contributed by atoms with E-state index in [1.54, 1.807) is 0 Å². The van der Waals surface area contributed by atoms with Crippen LogP contribution in [0.15, 0.2) is 30.3 Å². The standard InChI is InChI=1S/C17H24O4/c1-3-11-17(20,13-10-15(18)16(19)21-2)12-9-14-7-5-4-6-8-14/h4-8,20H,3,9-13H2,1-2H3/t17-/m0/s1. The Morgan fingerprint density at radius 1 is 1.14 bits per heavy atom. The van der Waals surface area contributed by atoms with Gasteiger partial charge >= 0.3 is 5.97 Å². The number of benzene rings is 1. The summed E-state index contributed by atoms with van der Waals surface area (Å²) in [5.41, 5.74) is 0.250. The average Bonchev–Trinajstić information content (AvgIpc) is 2.51. The zero-order valence-corrected chi connectivity index (χ0v) is 12.8. The van der Waals surface area contributed by atoms with Gasteiger partial charge in [-0.2, -0.15) is 0 Å². The van der Waals surface area contributed by atoms with Crippen molar-refractivity contribution in [2.45, 2.75) is 51.0 Å². The van der Waals surface area contributed by atoms with Crippen LogP contribution in [-0.4, -0.2) is 29.6 Å². The van der Waals surface area contributed by atoms with Gasteiger partial charge in [-0.05, 0) is 31.2 Å². The number of aryl methyl sites for hydroxylation is 1. The lowest BCUT2D eigenvalue weighted by Crippen LogP contribution is -2.31. The van der Waals surface area contributed by atoms with Gasteiger partial charge in [-0.3, -0.25) is 4.79 Å². The molecule has 0 spiro atoms. The van der Waals surface area contributed by atoms with E-state index in [0.29, 0.717) is 19.3 Å². The number of rotatable bonds is 9. The van der Waals surface area contributed by atoms with E-state index in [9.17, 15) is 14.7 Å². The van der Waals surface area contributed by atoms with Crippen molar-refractivity contribution in [2.75, 3.05) is 7.11 Å². The van der Waals surface area contributed by atoms with Crippen molar-refractivity contribution in [1.29, 1.82) is 0 Å². The highest BCUT2D eigenvalue weighted by Gasteiger charge is 2.28. The fourth-order valence-corrected chi connectivity index (χ4v) is 2.42. The Kier molecular flexibility index (Phi) is 7.09. The third kappa shape index (κ3) is 6.08. The second kappa shape index (κ2) is 8.57. The largest absolute Gasteiger partial charge is 0.463 e. The molecule has 0 aliphatic carbocycles. The first-order valence-corrected chi connectivity index (χ1v) is 7.38. The van der Waals surface area contributed by atoms with Gasteiger partial charge in [0.15, 0.2) is 0 Å². The molecule has 21 heavy (non-hydrogen) atoms. The number of hydrogen-bond donors (Lipinski definition) is 1. The van der Waals surface area contributed by atoms with Crippen molar-refractivity contribution in [3.8, 4) is 0 Å². The van der Waals surface area contributed by atoms with Crippen LogP contribution in [-0.2, 0) is 20.7 Å². The second-order valence-electron chi connectivity index (χ2n) is 5.37. The van der Waals surface area contributed by atoms with E-state index in [0.717, 1.165) is 18.4 Å². The quantitative estimate of drug-likeness (QED) is 0.561. The van der Waals surface area contributed by atoms with Gasteiger partial charge in [0.05, 0.1) is 12.7 Å². The molecule has 1 atom stereocenters. The summed E-state index contributed by atoms with van der Waals surface area (Å²) >= 11 is 0. The molecular weight excluding hydrogens is 268 g/mol.